The van der Waals surface area contributed by atoms with Crippen molar-refractivity contribution in [3.63, 3.8) is 0 Å². The molecule has 1 heterocycles. The number of phenols is 1. The maximum absolute atomic E-state index is 9.00. The first kappa shape index (κ1) is 6.84. The molecule has 1 N–H and O–H groups in total. The molecule has 0 aromatic heterocycles. The van der Waals surface area contributed by atoms with Crippen LogP contribution in [0.25, 0.3) is 0 Å². The molecule has 0 unspecified atom stereocenters. The van der Waals surface area contributed by atoms with E-state index in [1.807, 2.05) is 0 Å². The average Bonchev–Trinajstić information content (AvgIpc) is 2.58. The Morgan fingerprint density at radius 2 is 1.83 bits per heavy atom. The fourth-order valence-corrected chi connectivity index (χ4v) is 0.930. The molecule has 1 aromatic carbocycles. The fraction of sp³-hybridized carbons (Fsp3) is 0. The molecule has 0 aliphatic carbocycles. The monoisotopic (exact) mass is 160 g/mol. The van der Waals surface area contributed by atoms with Gasteiger partial charge in [0.1, 0.15) is 12.1 Å². The predicted octanol–water partition coefficient (Wildman–Crippen LogP) is 0.700. The molecule has 1 aliphatic heterocycles. The van der Waals surface area contributed by atoms with Gasteiger partial charge in [0.25, 0.3) is 0 Å². The SMILES string of the molecule is Oc1ccc(C2=N[N]C=N2)cc1. The van der Waals surface area contributed by atoms with Crippen LogP contribution in [-0.2, 0) is 0 Å². The van der Waals surface area contributed by atoms with E-state index in [0.717, 1.165) is 5.56 Å². The molecule has 12 heavy (non-hydrogen) atoms. The van der Waals surface area contributed by atoms with E-state index < -0.39 is 0 Å². The molecule has 0 saturated heterocycles. The first-order valence-corrected chi connectivity index (χ1v) is 3.46. The minimum Gasteiger partial charge on any atom is -0.508 e. The van der Waals surface area contributed by atoms with Gasteiger partial charge in [-0.3, -0.25) is 0 Å². The minimum atomic E-state index is 0.235. The molecular formula is C8H6N3O. The van der Waals surface area contributed by atoms with Gasteiger partial charge in [0.15, 0.2) is 5.84 Å². The zero-order valence-corrected chi connectivity index (χ0v) is 6.18. The summed E-state index contributed by atoms with van der Waals surface area (Å²) < 4.78 is 0. The predicted molar refractivity (Wildman–Crippen MR) is 45.3 cm³/mol. The summed E-state index contributed by atoms with van der Waals surface area (Å²) in [5.74, 6) is 0.813. The second-order valence-corrected chi connectivity index (χ2v) is 2.33. The van der Waals surface area contributed by atoms with Crippen molar-refractivity contribution in [2.45, 2.75) is 0 Å². The van der Waals surface area contributed by atoms with E-state index in [4.69, 9.17) is 5.11 Å². The second-order valence-electron chi connectivity index (χ2n) is 2.33. The summed E-state index contributed by atoms with van der Waals surface area (Å²) in [5.41, 5.74) is 4.45. The molecule has 0 fully saturated rings. The van der Waals surface area contributed by atoms with Crippen LogP contribution in [0.15, 0.2) is 34.4 Å². The molecule has 4 heteroatoms. The van der Waals surface area contributed by atoms with Crippen molar-refractivity contribution in [2.24, 2.45) is 10.1 Å². The van der Waals surface area contributed by atoms with Gasteiger partial charge in [0, 0.05) is 5.56 Å². The van der Waals surface area contributed by atoms with E-state index >= 15 is 0 Å². The van der Waals surface area contributed by atoms with Gasteiger partial charge in [0.05, 0.1) is 0 Å². The molecule has 0 atom stereocenters. The lowest BCUT2D eigenvalue weighted by Gasteiger charge is -1.95. The zero-order chi connectivity index (χ0) is 8.39. The van der Waals surface area contributed by atoms with Crippen LogP contribution in [0, 0.1) is 0 Å². The lowest BCUT2D eigenvalue weighted by Crippen LogP contribution is -1.92. The van der Waals surface area contributed by atoms with Gasteiger partial charge in [-0.2, -0.15) is 0 Å². The van der Waals surface area contributed by atoms with Gasteiger partial charge in [-0.1, -0.05) is 0 Å². The minimum absolute atomic E-state index is 0.235. The summed E-state index contributed by atoms with van der Waals surface area (Å²) in [6.07, 6.45) is 1.39. The highest BCUT2D eigenvalue weighted by Crippen LogP contribution is 2.11. The van der Waals surface area contributed by atoms with Gasteiger partial charge in [-0.15, -0.1) is 10.5 Å². The molecular weight excluding hydrogens is 154 g/mol. The molecule has 0 bridgehead atoms. The number of nitrogens with zero attached hydrogens (tertiary/aromatic N) is 3. The first-order chi connectivity index (χ1) is 5.86. The van der Waals surface area contributed by atoms with Crippen LogP contribution in [0.2, 0.25) is 0 Å². The molecule has 1 radical (unpaired) electrons. The number of amidine groups is 1. The van der Waals surface area contributed by atoms with Crippen molar-refractivity contribution in [1.29, 1.82) is 0 Å². The zero-order valence-electron chi connectivity index (χ0n) is 6.18. The maximum atomic E-state index is 9.00. The van der Waals surface area contributed by atoms with Crippen LogP contribution in [-0.4, -0.2) is 17.3 Å². The fourth-order valence-electron chi connectivity index (χ4n) is 0.930. The highest BCUT2D eigenvalue weighted by molar-refractivity contribution is 6.04. The van der Waals surface area contributed by atoms with Gasteiger partial charge < -0.3 is 5.11 Å². The smallest absolute Gasteiger partial charge is 0.183 e. The molecule has 0 spiro atoms. The van der Waals surface area contributed by atoms with Gasteiger partial charge in [-0.05, 0) is 24.3 Å². The molecule has 2 rings (SSSR count). The van der Waals surface area contributed by atoms with E-state index in [-0.39, 0.29) is 5.75 Å². The Morgan fingerprint density at radius 3 is 2.42 bits per heavy atom. The van der Waals surface area contributed by atoms with Gasteiger partial charge in [0.2, 0.25) is 0 Å². The van der Waals surface area contributed by atoms with Crippen molar-refractivity contribution in [3.05, 3.63) is 29.8 Å². The Morgan fingerprint density at radius 1 is 1.08 bits per heavy atom. The third kappa shape index (κ3) is 1.14. The summed E-state index contributed by atoms with van der Waals surface area (Å²) in [5, 5.41) is 12.8. The highest BCUT2D eigenvalue weighted by atomic mass is 16.3. The van der Waals surface area contributed by atoms with E-state index in [1.54, 1.807) is 24.3 Å². The number of aromatic hydroxyl groups is 1. The highest BCUT2D eigenvalue weighted by Gasteiger charge is 2.04. The topological polar surface area (TPSA) is 59.1 Å². The van der Waals surface area contributed by atoms with Crippen molar-refractivity contribution >= 4 is 12.2 Å². The summed E-state index contributed by atoms with van der Waals surface area (Å²) in [6.45, 7) is 0. The van der Waals surface area contributed by atoms with Crippen LogP contribution in [0.4, 0.5) is 0 Å². The van der Waals surface area contributed by atoms with Crippen molar-refractivity contribution < 1.29 is 5.11 Å². The number of hydrogen-bond acceptors (Lipinski definition) is 3. The third-order valence-corrected chi connectivity index (χ3v) is 1.51. The standard InChI is InChI=1S/C8H6N3O/c12-7-3-1-6(2-4-7)8-9-5-10-11-8/h1-5,12H. The Labute approximate surface area is 69.3 Å². The summed E-state index contributed by atoms with van der Waals surface area (Å²) in [4.78, 5) is 3.91. The molecule has 59 valence electrons. The Hall–Kier alpha value is -1.84. The normalized spacial score (nSPS) is 14.2. The van der Waals surface area contributed by atoms with Gasteiger partial charge >= 0.3 is 0 Å². The van der Waals surface area contributed by atoms with E-state index in [2.05, 4.69) is 15.5 Å². The lowest BCUT2D eigenvalue weighted by atomic mass is 10.2. The molecule has 0 amide bonds. The average molecular weight is 160 g/mol. The van der Waals surface area contributed by atoms with Crippen molar-refractivity contribution in [3.8, 4) is 5.75 Å². The summed E-state index contributed by atoms with van der Waals surface area (Å²) >= 11 is 0. The summed E-state index contributed by atoms with van der Waals surface area (Å²) in [6, 6.07) is 6.66. The maximum Gasteiger partial charge on any atom is 0.183 e. The van der Waals surface area contributed by atoms with Crippen LogP contribution in [0.3, 0.4) is 0 Å². The Balaban J connectivity index is 2.35. The lowest BCUT2D eigenvalue weighted by molar-refractivity contribution is 0.475. The van der Waals surface area contributed by atoms with E-state index in [9.17, 15) is 0 Å². The molecule has 1 aromatic rings. The first-order valence-electron chi connectivity index (χ1n) is 3.46. The largest absolute Gasteiger partial charge is 0.508 e. The molecule has 0 saturated carbocycles. The number of phenolic OH excluding ortho intramolecular Hbond substituents is 1. The van der Waals surface area contributed by atoms with E-state index in [0.29, 0.717) is 5.84 Å². The number of rotatable bonds is 1. The van der Waals surface area contributed by atoms with Gasteiger partial charge in [-0.25, -0.2) is 4.99 Å². The van der Waals surface area contributed by atoms with Crippen LogP contribution < -0.4 is 5.43 Å². The Bertz CT molecular complexity index is 340. The quantitative estimate of drug-likeness (QED) is 0.645. The van der Waals surface area contributed by atoms with Crippen LogP contribution in [0.5, 0.6) is 5.75 Å². The van der Waals surface area contributed by atoms with Crippen LogP contribution >= 0.6 is 0 Å². The molecule has 4 nitrogen and oxygen atoms in total. The number of aliphatic imine (C=N–C) groups is 1. The van der Waals surface area contributed by atoms with Crippen LogP contribution in [0.1, 0.15) is 5.56 Å². The third-order valence-electron chi connectivity index (χ3n) is 1.51. The number of hydrogen-bond donors (Lipinski definition) is 1. The second kappa shape index (κ2) is 2.65. The van der Waals surface area contributed by atoms with E-state index in [1.165, 1.54) is 6.34 Å². The summed E-state index contributed by atoms with van der Waals surface area (Å²) in [7, 11) is 0. The van der Waals surface area contributed by atoms with Crippen molar-refractivity contribution in [1.82, 2.24) is 5.43 Å². The number of benzene rings is 1. The Kier molecular flexibility index (Phi) is 1.51. The van der Waals surface area contributed by atoms with Crippen molar-refractivity contribution in [2.75, 3.05) is 0 Å². The molecule has 1 aliphatic rings.